The molecule has 8 nitrogen and oxygen atoms in total. The van der Waals surface area contributed by atoms with Gasteiger partial charge in [-0.3, -0.25) is 4.79 Å². The van der Waals surface area contributed by atoms with Gasteiger partial charge in [0.1, 0.15) is 12.1 Å². The number of tetrazole rings is 1. The lowest BCUT2D eigenvalue weighted by Gasteiger charge is -2.22. The number of hydrogen-bond donors (Lipinski definition) is 1. The van der Waals surface area contributed by atoms with Crippen molar-refractivity contribution in [1.82, 2.24) is 25.1 Å². The average Bonchev–Trinajstić information content (AvgIpc) is 3.35. The Bertz CT molecular complexity index is 879. The normalized spacial score (nSPS) is 16.2. The minimum absolute atomic E-state index is 0.155. The molecule has 0 aliphatic heterocycles. The van der Waals surface area contributed by atoms with Crippen LogP contribution in [0.4, 0.5) is 0 Å². The number of rotatable bonds is 5. The fourth-order valence-corrected chi connectivity index (χ4v) is 2.71. The summed E-state index contributed by atoms with van der Waals surface area (Å²) in [4.78, 5) is 24.5. The van der Waals surface area contributed by atoms with E-state index in [-0.39, 0.29) is 12.5 Å². The van der Waals surface area contributed by atoms with Gasteiger partial charge in [-0.05, 0) is 48.2 Å². The van der Waals surface area contributed by atoms with Crippen molar-refractivity contribution in [2.24, 2.45) is 5.92 Å². The lowest BCUT2D eigenvalue weighted by atomic mass is 9.98. The van der Waals surface area contributed by atoms with Crippen molar-refractivity contribution in [1.29, 1.82) is 5.26 Å². The maximum absolute atomic E-state index is 12.3. The summed E-state index contributed by atoms with van der Waals surface area (Å²) in [5, 5.41) is 19.8. The van der Waals surface area contributed by atoms with E-state index >= 15 is 0 Å². The van der Waals surface area contributed by atoms with Crippen LogP contribution in [0, 0.1) is 17.2 Å². The minimum Gasteiger partial charge on any atom is -0.336 e. The van der Waals surface area contributed by atoms with Crippen molar-refractivity contribution >= 4 is 17.5 Å². The van der Waals surface area contributed by atoms with E-state index in [4.69, 9.17) is 11.6 Å². The summed E-state index contributed by atoms with van der Waals surface area (Å²) in [6, 6.07) is 8.83. The number of nitriles is 1. The molecule has 1 unspecified atom stereocenters. The Morgan fingerprint density at radius 2 is 2.17 bits per heavy atom. The van der Waals surface area contributed by atoms with Crippen LogP contribution in [-0.4, -0.2) is 31.2 Å². The maximum Gasteiger partial charge on any atom is 0.369 e. The fraction of sp³-hybridized carbons (Fsp3) is 0.400. The van der Waals surface area contributed by atoms with Crippen molar-refractivity contribution in [3.05, 3.63) is 39.8 Å². The zero-order chi connectivity index (χ0) is 17.3. The molecular weight excluding hydrogens is 332 g/mol. The van der Waals surface area contributed by atoms with E-state index < -0.39 is 17.1 Å². The third-order valence-corrected chi connectivity index (χ3v) is 4.36. The highest BCUT2D eigenvalue weighted by atomic mass is 35.5. The highest BCUT2D eigenvalue weighted by Crippen LogP contribution is 2.39. The molecule has 1 N–H and O–H groups in total. The molecule has 1 heterocycles. The second-order valence-corrected chi connectivity index (χ2v) is 6.33. The number of amides is 1. The molecule has 24 heavy (non-hydrogen) atoms. The van der Waals surface area contributed by atoms with Crippen LogP contribution in [-0.2, 0) is 11.3 Å². The molecule has 1 saturated carbocycles. The second-order valence-electron chi connectivity index (χ2n) is 5.92. The number of hydrogen-bond acceptors (Lipinski definition) is 5. The second kappa shape index (κ2) is 6.09. The lowest BCUT2D eigenvalue weighted by Crippen LogP contribution is -2.48. The zero-order valence-corrected chi connectivity index (χ0v) is 13.7. The Hall–Kier alpha value is -2.66. The van der Waals surface area contributed by atoms with Gasteiger partial charge >= 0.3 is 5.69 Å². The van der Waals surface area contributed by atoms with Crippen LogP contribution < -0.4 is 11.0 Å². The Morgan fingerprint density at radius 1 is 1.46 bits per heavy atom. The molecule has 1 aliphatic rings. The van der Waals surface area contributed by atoms with Gasteiger partial charge in [0.25, 0.3) is 0 Å². The lowest BCUT2D eigenvalue weighted by molar-refractivity contribution is -0.123. The molecule has 1 aromatic heterocycles. The van der Waals surface area contributed by atoms with E-state index in [9.17, 15) is 14.9 Å². The molecule has 1 aliphatic carbocycles. The fourth-order valence-electron chi connectivity index (χ4n) is 2.50. The van der Waals surface area contributed by atoms with Gasteiger partial charge in [0.15, 0.2) is 0 Å². The van der Waals surface area contributed by atoms with Crippen molar-refractivity contribution < 1.29 is 4.79 Å². The van der Waals surface area contributed by atoms with Crippen LogP contribution >= 0.6 is 11.6 Å². The minimum atomic E-state index is -0.917. The van der Waals surface area contributed by atoms with E-state index in [0.29, 0.717) is 10.7 Å². The van der Waals surface area contributed by atoms with Crippen LogP contribution in [0.15, 0.2) is 29.1 Å². The number of aromatic nitrogens is 4. The highest BCUT2D eigenvalue weighted by Gasteiger charge is 2.43. The van der Waals surface area contributed by atoms with Gasteiger partial charge in [-0.2, -0.15) is 14.6 Å². The predicted molar refractivity (Wildman–Crippen MR) is 85.5 cm³/mol. The van der Waals surface area contributed by atoms with Gasteiger partial charge < -0.3 is 5.32 Å². The summed E-state index contributed by atoms with van der Waals surface area (Å²) >= 11 is 6.04. The van der Waals surface area contributed by atoms with Crippen molar-refractivity contribution in [2.75, 3.05) is 0 Å². The molecule has 0 spiro atoms. The summed E-state index contributed by atoms with van der Waals surface area (Å²) in [6.45, 7) is 1.37. The summed E-state index contributed by atoms with van der Waals surface area (Å²) < 4.78 is 1.96. The monoisotopic (exact) mass is 346 g/mol. The number of para-hydroxylation sites is 1. The van der Waals surface area contributed by atoms with Crippen molar-refractivity contribution in [2.45, 2.75) is 31.8 Å². The number of carbonyl (C=O) groups excluding carboxylic acids is 1. The first-order valence-corrected chi connectivity index (χ1v) is 7.82. The van der Waals surface area contributed by atoms with Crippen LogP contribution in [0.3, 0.4) is 0 Å². The first-order chi connectivity index (χ1) is 11.4. The largest absolute Gasteiger partial charge is 0.369 e. The molecule has 9 heteroatoms. The van der Waals surface area contributed by atoms with Gasteiger partial charge in [0, 0.05) is 0 Å². The standard InChI is InChI=1S/C15H15ClN6O2/c1-15(9-17,10-6-7-10)18-13(23)8-21-14(24)22(20-19-21)12-5-3-2-4-11(12)16/h2-5,10H,6-8H2,1H3,(H,18,23). The summed E-state index contributed by atoms with van der Waals surface area (Å²) in [5.74, 6) is -0.304. The van der Waals surface area contributed by atoms with E-state index in [2.05, 4.69) is 21.8 Å². The van der Waals surface area contributed by atoms with E-state index in [1.54, 1.807) is 31.2 Å². The molecule has 3 rings (SSSR count). The third kappa shape index (κ3) is 3.03. The molecule has 1 atom stereocenters. The Balaban J connectivity index is 1.78. The van der Waals surface area contributed by atoms with E-state index in [1.165, 1.54) is 0 Å². The van der Waals surface area contributed by atoms with E-state index in [1.807, 2.05) is 0 Å². The maximum atomic E-state index is 12.3. The SMILES string of the molecule is CC(C#N)(NC(=O)Cn1nnn(-c2ccccc2Cl)c1=O)C1CC1. The van der Waals surface area contributed by atoms with Crippen molar-refractivity contribution in [3.63, 3.8) is 0 Å². The third-order valence-electron chi connectivity index (χ3n) is 4.04. The Labute approximate surface area is 142 Å². The predicted octanol–water partition coefficient (Wildman–Crippen LogP) is 0.891. The molecule has 0 saturated heterocycles. The number of halogens is 1. The molecule has 124 valence electrons. The van der Waals surface area contributed by atoms with Crippen LogP contribution in [0.2, 0.25) is 5.02 Å². The molecule has 1 fully saturated rings. The Kier molecular flexibility index (Phi) is 4.11. The Morgan fingerprint density at radius 3 is 2.79 bits per heavy atom. The summed E-state index contributed by atoms with van der Waals surface area (Å²) in [5.41, 5.74) is -1.11. The van der Waals surface area contributed by atoms with Gasteiger partial charge in [0.05, 0.1) is 16.8 Å². The van der Waals surface area contributed by atoms with Crippen LogP contribution in [0.5, 0.6) is 0 Å². The number of nitrogens with one attached hydrogen (secondary N) is 1. The molecule has 2 aromatic rings. The first kappa shape index (κ1) is 16.2. The molecule has 0 radical (unpaired) electrons. The summed E-state index contributed by atoms with van der Waals surface area (Å²) in [7, 11) is 0. The average molecular weight is 347 g/mol. The van der Waals surface area contributed by atoms with Crippen LogP contribution in [0.1, 0.15) is 19.8 Å². The topological polar surface area (TPSA) is 106 Å². The van der Waals surface area contributed by atoms with Crippen LogP contribution in [0.25, 0.3) is 5.69 Å². The zero-order valence-electron chi connectivity index (χ0n) is 12.9. The molecule has 0 bridgehead atoms. The molecule has 1 aromatic carbocycles. The molecule has 1 amide bonds. The van der Waals surface area contributed by atoms with E-state index in [0.717, 1.165) is 22.2 Å². The number of nitrogens with zero attached hydrogens (tertiary/aromatic N) is 5. The quantitative estimate of drug-likeness (QED) is 0.865. The summed E-state index contributed by atoms with van der Waals surface area (Å²) in [6.07, 6.45) is 1.82. The molecular formula is C15H15ClN6O2. The van der Waals surface area contributed by atoms with Gasteiger partial charge in [-0.25, -0.2) is 4.79 Å². The van der Waals surface area contributed by atoms with Gasteiger partial charge in [-0.15, -0.1) is 0 Å². The number of benzene rings is 1. The smallest absolute Gasteiger partial charge is 0.336 e. The van der Waals surface area contributed by atoms with Crippen molar-refractivity contribution in [3.8, 4) is 11.8 Å². The highest BCUT2D eigenvalue weighted by molar-refractivity contribution is 6.32. The van der Waals surface area contributed by atoms with Gasteiger partial charge in [0.2, 0.25) is 5.91 Å². The van der Waals surface area contributed by atoms with Gasteiger partial charge in [-0.1, -0.05) is 23.7 Å². The first-order valence-electron chi connectivity index (χ1n) is 7.44. The number of carbonyl (C=O) groups is 1.